The van der Waals surface area contributed by atoms with Crippen molar-refractivity contribution in [2.45, 2.75) is 0 Å². The Morgan fingerprint density at radius 1 is 0.958 bits per heavy atom. The highest BCUT2D eigenvalue weighted by Gasteiger charge is 2.16. The Labute approximate surface area is 146 Å². The molecule has 0 aliphatic rings. The first-order valence-electron chi connectivity index (χ1n) is 7.22. The summed E-state index contributed by atoms with van der Waals surface area (Å²) in [6.07, 6.45) is 0. The zero-order chi connectivity index (χ0) is 17.1. The highest BCUT2D eigenvalue weighted by atomic mass is 79.9. The van der Waals surface area contributed by atoms with Crippen molar-refractivity contribution in [1.82, 2.24) is 0 Å². The maximum absolute atomic E-state index is 12.2. The van der Waals surface area contributed by atoms with Crippen molar-refractivity contribution in [2.24, 2.45) is 0 Å². The van der Waals surface area contributed by atoms with Gasteiger partial charge in [-0.25, -0.2) is 4.79 Å². The Morgan fingerprint density at radius 3 is 2.25 bits per heavy atom. The number of rotatable bonds is 4. The van der Waals surface area contributed by atoms with Crippen molar-refractivity contribution in [2.75, 3.05) is 6.61 Å². The van der Waals surface area contributed by atoms with E-state index in [1.54, 1.807) is 30.3 Å². The van der Waals surface area contributed by atoms with Crippen LogP contribution in [0.25, 0.3) is 10.8 Å². The fraction of sp³-hybridized carbons (Fsp3) is 0.0526. The Kier molecular flexibility index (Phi) is 4.62. The number of fused-ring (bicyclic) bond motifs is 1. The zero-order valence-electron chi connectivity index (χ0n) is 12.5. The lowest BCUT2D eigenvalue weighted by Gasteiger charge is -2.08. The number of ketones is 1. The first-order valence-corrected chi connectivity index (χ1v) is 8.01. The van der Waals surface area contributed by atoms with Crippen LogP contribution in [0, 0.1) is 0 Å². The molecule has 0 aliphatic heterocycles. The molecule has 0 fully saturated rings. The molecule has 0 amide bonds. The van der Waals surface area contributed by atoms with Gasteiger partial charge in [-0.3, -0.25) is 4.79 Å². The molecule has 0 aliphatic carbocycles. The van der Waals surface area contributed by atoms with Gasteiger partial charge in [0.05, 0.1) is 0 Å². The van der Waals surface area contributed by atoms with Crippen LogP contribution in [-0.4, -0.2) is 23.5 Å². The van der Waals surface area contributed by atoms with Crippen LogP contribution < -0.4 is 0 Å². The van der Waals surface area contributed by atoms with Gasteiger partial charge in [-0.1, -0.05) is 52.3 Å². The predicted molar refractivity (Wildman–Crippen MR) is 94.4 cm³/mol. The van der Waals surface area contributed by atoms with E-state index in [1.165, 1.54) is 6.07 Å². The Hall–Kier alpha value is -2.66. The predicted octanol–water partition coefficient (Wildman–Crippen LogP) is 4.35. The number of halogens is 1. The van der Waals surface area contributed by atoms with Crippen LogP contribution in [0.15, 0.2) is 65.1 Å². The molecule has 3 rings (SSSR count). The number of carbonyl (C=O) groups is 2. The van der Waals surface area contributed by atoms with Crippen molar-refractivity contribution in [1.29, 1.82) is 0 Å². The molecule has 0 bridgehead atoms. The Balaban J connectivity index is 1.74. The van der Waals surface area contributed by atoms with E-state index in [4.69, 9.17) is 4.74 Å². The number of esters is 1. The van der Waals surface area contributed by atoms with Crippen LogP contribution in [0.1, 0.15) is 20.7 Å². The summed E-state index contributed by atoms with van der Waals surface area (Å²) in [6.45, 7) is -0.382. The van der Waals surface area contributed by atoms with Crippen LogP contribution in [0.3, 0.4) is 0 Å². The number of ether oxygens (including phenoxy) is 1. The molecule has 3 aromatic carbocycles. The molecule has 24 heavy (non-hydrogen) atoms. The second-order valence-electron chi connectivity index (χ2n) is 5.22. The summed E-state index contributed by atoms with van der Waals surface area (Å²) in [7, 11) is 0. The van der Waals surface area contributed by atoms with Gasteiger partial charge in [0.2, 0.25) is 0 Å². The van der Waals surface area contributed by atoms with Gasteiger partial charge in [-0.15, -0.1) is 0 Å². The lowest BCUT2D eigenvalue weighted by molar-refractivity contribution is 0.0472. The summed E-state index contributed by atoms with van der Waals surface area (Å²) in [5.74, 6) is -1.21. The molecule has 1 N–H and O–H groups in total. The molecule has 0 radical (unpaired) electrons. The summed E-state index contributed by atoms with van der Waals surface area (Å²) in [5.41, 5.74) is 0.492. The maximum Gasteiger partial charge on any atom is 0.342 e. The van der Waals surface area contributed by atoms with Gasteiger partial charge in [0.1, 0.15) is 11.3 Å². The van der Waals surface area contributed by atoms with Crippen LogP contribution in [-0.2, 0) is 4.74 Å². The van der Waals surface area contributed by atoms with Gasteiger partial charge in [0, 0.05) is 10.0 Å². The number of hydrogen-bond acceptors (Lipinski definition) is 4. The first-order chi connectivity index (χ1) is 11.5. The molecule has 0 saturated heterocycles. The molecule has 0 unspecified atom stereocenters. The number of Topliss-reactive ketones (excluding diaryl/α,β-unsaturated/α-hetero) is 1. The van der Waals surface area contributed by atoms with E-state index in [0.29, 0.717) is 5.56 Å². The van der Waals surface area contributed by atoms with E-state index in [2.05, 4.69) is 15.9 Å². The van der Waals surface area contributed by atoms with Crippen molar-refractivity contribution >= 4 is 38.5 Å². The topological polar surface area (TPSA) is 63.6 Å². The van der Waals surface area contributed by atoms with Crippen molar-refractivity contribution in [3.63, 3.8) is 0 Å². The summed E-state index contributed by atoms with van der Waals surface area (Å²) in [6, 6.07) is 17.2. The Morgan fingerprint density at radius 2 is 1.58 bits per heavy atom. The molecule has 5 heteroatoms. The molecular formula is C19H13BrO4. The molecule has 4 nitrogen and oxygen atoms in total. The zero-order valence-corrected chi connectivity index (χ0v) is 14.1. The average molecular weight is 385 g/mol. The SMILES string of the molecule is O=C(COC(=O)c1cc2ccccc2cc1O)c1ccc(Br)cc1. The second kappa shape index (κ2) is 6.84. The highest BCUT2D eigenvalue weighted by molar-refractivity contribution is 9.10. The monoisotopic (exact) mass is 384 g/mol. The minimum Gasteiger partial charge on any atom is -0.507 e. The van der Waals surface area contributed by atoms with Crippen LogP contribution in [0.5, 0.6) is 5.75 Å². The van der Waals surface area contributed by atoms with Crippen LogP contribution >= 0.6 is 15.9 Å². The van der Waals surface area contributed by atoms with Gasteiger partial charge in [-0.2, -0.15) is 0 Å². The number of carbonyl (C=O) groups excluding carboxylic acids is 2. The summed E-state index contributed by atoms with van der Waals surface area (Å²) in [4.78, 5) is 24.2. The minimum absolute atomic E-state index is 0.0392. The average Bonchev–Trinajstić information content (AvgIpc) is 2.59. The number of hydrogen-bond donors (Lipinski definition) is 1. The summed E-state index contributed by atoms with van der Waals surface area (Å²) in [5, 5.41) is 11.6. The van der Waals surface area contributed by atoms with Crippen LogP contribution in [0.2, 0.25) is 0 Å². The van der Waals surface area contributed by atoms with E-state index in [9.17, 15) is 14.7 Å². The van der Waals surface area contributed by atoms with Gasteiger partial charge < -0.3 is 9.84 Å². The van der Waals surface area contributed by atoms with Gasteiger partial charge in [0.15, 0.2) is 12.4 Å². The maximum atomic E-state index is 12.2. The number of benzene rings is 3. The van der Waals surface area contributed by atoms with Crippen LogP contribution in [0.4, 0.5) is 0 Å². The van der Waals surface area contributed by atoms with Gasteiger partial charge in [0.25, 0.3) is 0 Å². The first kappa shape index (κ1) is 16.2. The van der Waals surface area contributed by atoms with Gasteiger partial charge >= 0.3 is 5.97 Å². The van der Waals surface area contributed by atoms with Crippen molar-refractivity contribution in [3.8, 4) is 5.75 Å². The highest BCUT2D eigenvalue weighted by Crippen LogP contribution is 2.25. The molecular weight excluding hydrogens is 372 g/mol. The molecule has 3 aromatic rings. The summed E-state index contributed by atoms with van der Waals surface area (Å²) < 4.78 is 5.90. The number of aromatic hydroxyl groups is 1. The lowest BCUT2D eigenvalue weighted by Crippen LogP contribution is -2.14. The molecule has 0 saturated carbocycles. The quantitative estimate of drug-likeness (QED) is 0.536. The molecule has 0 spiro atoms. The lowest BCUT2D eigenvalue weighted by atomic mass is 10.1. The molecule has 0 atom stereocenters. The van der Waals surface area contributed by atoms with E-state index >= 15 is 0 Å². The second-order valence-corrected chi connectivity index (χ2v) is 6.14. The third kappa shape index (κ3) is 3.46. The Bertz CT molecular complexity index is 916. The van der Waals surface area contributed by atoms with E-state index in [0.717, 1.165) is 15.2 Å². The standard InChI is InChI=1S/C19H13BrO4/c20-15-7-5-12(6-8-15)18(22)11-24-19(23)16-9-13-3-1-2-4-14(13)10-17(16)21/h1-10,21H,11H2. The van der Waals surface area contributed by atoms with E-state index in [1.807, 2.05) is 24.3 Å². The summed E-state index contributed by atoms with van der Waals surface area (Å²) >= 11 is 3.29. The van der Waals surface area contributed by atoms with E-state index in [-0.39, 0.29) is 23.7 Å². The minimum atomic E-state index is -0.733. The normalized spacial score (nSPS) is 10.5. The third-order valence-corrected chi connectivity index (χ3v) is 4.11. The molecule has 120 valence electrons. The van der Waals surface area contributed by atoms with E-state index < -0.39 is 5.97 Å². The number of phenolic OH excluding ortho intramolecular Hbond substituents is 1. The van der Waals surface area contributed by atoms with Crippen molar-refractivity contribution in [3.05, 3.63) is 76.3 Å². The molecule has 0 heterocycles. The third-order valence-electron chi connectivity index (χ3n) is 3.58. The number of phenols is 1. The van der Waals surface area contributed by atoms with Crippen molar-refractivity contribution < 1.29 is 19.4 Å². The fourth-order valence-electron chi connectivity index (χ4n) is 2.32. The fourth-order valence-corrected chi connectivity index (χ4v) is 2.58. The molecule has 0 aromatic heterocycles. The van der Waals surface area contributed by atoms with Gasteiger partial charge in [-0.05, 0) is 35.0 Å². The largest absolute Gasteiger partial charge is 0.507 e. The smallest absolute Gasteiger partial charge is 0.342 e.